The Morgan fingerprint density at radius 2 is 2.22 bits per heavy atom. The Hall–Kier alpha value is -1.47. The van der Waals surface area contributed by atoms with Crippen molar-refractivity contribution in [3.8, 4) is 0 Å². The van der Waals surface area contributed by atoms with Crippen LogP contribution in [0.2, 0.25) is 0 Å². The number of benzene rings is 1. The predicted molar refractivity (Wildman–Crippen MR) is 85.6 cm³/mol. The van der Waals surface area contributed by atoms with E-state index in [-0.39, 0.29) is 25.5 Å². The Bertz CT molecular complexity index is 606. The fraction of sp³-hybridized carbons (Fsp3) is 0.500. The number of rotatable bonds is 5. The molecule has 1 heterocycles. The number of carboxylic acid groups (broad SMARTS) is 1. The van der Waals surface area contributed by atoms with E-state index in [1.54, 1.807) is 6.07 Å². The van der Waals surface area contributed by atoms with E-state index in [0.717, 1.165) is 0 Å². The molecule has 1 fully saturated rings. The molecule has 1 atom stereocenters. The number of hydrogen-bond donors (Lipinski definition) is 1. The molecule has 5 nitrogen and oxygen atoms in total. The summed E-state index contributed by atoms with van der Waals surface area (Å²) in [6.45, 7) is 0.683. The van der Waals surface area contributed by atoms with Gasteiger partial charge in [-0.15, -0.1) is 0 Å². The quantitative estimate of drug-likeness (QED) is 0.842. The minimum atomic E-state index is -1.07. The van der Waals surface area contributed by atoms with E-state index < -0.39 is 17.2 Å². The van der Waals surface area contributed by atoms with Crippen molar-refractivity contribution in [3.05, 3.63) is 34.1 Å². The van der Waals surface area contributed by atoms with E-state index in [1.165, 1.54) is 24.1 Å². The van der Waals surface area contributed by atoms with Crippen LogP contribution in [0, 0.1) is 11.2 Å². The van der Waals surface area contributed by atoms with Crippen molar-refractivity contribution >= 4 is 27.8 Å². The standard InChI is InChI=1S/C16H19BrFNO4/c1-23-10-16(15(21)22)5-2-6-19(9-16)14(20)8-11-7-12(18)3-4-13(11)17/h3-4,7H,2,5-6,8-10H2,1H3,(H,21,22). The van der Waals surface area contributed by atoms with Crippen LogP contribution in [-0.2, 0) is 20.7 Å². The molecule has 1 amide bonds. The zero-order valence-electron chi connectivity index (χ0n) is 12.8. The lowest BCUT2D eigenvalue weighted by Gasteiger charge is -2.39. The van der Waals surface area contributed by atoms with Crippen LogP contribution in [0.4, 0.5) is 4.39 Å². The number of ether oxygens (including phenoxy) is 1. The summed E-state index contributed by atoms with van der Waals surface area (Å²) < 4.78 is 19.0. The lowest BCUT2D eigenvalue weighted by atomic mass is 9.80. The molecular formula is C16H19BrFNO4. The lowest BCUT2D eigenvalue weighted by Crippen LogP contribution is -2.52. The number of likely N-dealkylation sites (tertiary alicyclic amines) is 1. The van der Waals surface area contributed by atoms with E-state index in [1.807, 2.05) is 0 Å². The fourth-order valence-electron chi connectivity index (χ4n) is 2.93. The van der Waals surface area contributed by atoms with E-state index in [9.17, 15) is 19.1 Å². The van der Waals surface area contributed by atoms with Crippen molar-refractivity contribution in [2.24, 2.45) is 5.41 Å². The molecule has 0 aliphatic carbocycles. The number of nitrogens with zero attached hydrogens (tertiary/aromatic N) is 1. The summed E-state index contributed by atoms with van der Waals surface area (Å²) in [5, 5.41) is 9.51. The van der Waals surface area contributed by atoms with Crippen molar-refractivity contribution < 1.29 is 23.8 Å². The van der Waals surface area contributed by atoms with Gasteiger partial charge in [0.2, 0.25) is 5.91 Å². The summed E-state index contributed by atoms with van der Waals surface area (Å²) in [7, 11) is 1.45. The third-order valence-corrected chi connectivity index (χ3v) is 4.93. The first-order chi connectivity index (χ1) is 10.9. The highest BCUT2D eigenvalue weighted by Gasteiger charge is 2.43. The molecule has 1 aromatic carbocycles. The molecule has 7 heteroatoms. The van der Waals surface area contributed by atoms with Crippen LogP contribution < -0.4 is 0 Å². The maximum atomic E-state index is 13.3. The Labute approximate surface area is 142 Å². The molecule has 1 N–H and O–H groups in total. The zero-order chi connectivity index (χ0) is 17.0. The van der Waals surface area contributed by atoms with Crippen molar-refractivity contribution in [1.29, 1.82) is 0 Å². The van der Waals surface area contributed by atoms with Crippen molar-refractivity contribution in [2.45, 2.75) is 19.3 Å². The van der Waals surface area contributed by atoms with Crippen molar-refractivity contribution in [3.63, 3.8) is 0 Å². The summed E-state index contributed by atoms with van der Waals surface area (Å²) in [4.78, 5) is 25.6. The average molecular weight is 388 g/mol. The first kappa shape index (κ1) is 17.9. The molecule has 1 aromatic rings. The van der Waals surface area contributed by atoms with Crippen LogP contribution in [0.3, 0.4) is 0 Å². The fourth-order valence-corrected chi connectivity index (χ4v) is 3.32. The number of halogens is 2. The first-order valence-electron chi connectivity index (χ1n) is 7.32. The maximum absolute atomic E-state index is 13.3. The third kappa shape index (κ3) is 4.09. The molecule has 0 saturated carbocycles. The van der Waals surface area contributed by atoms with Crippen LogP contribution in [0.5, 0.6) is 0 Å². The van der Waals surface area contributed by atoms with Gasteiger partial charge in [-0.1, -0.05) is 15.9 Å². The summed E-state index contributed by atoms with van der Waals surface area (Å²) in [6, 6.07) is 4.18. The van der Waals surface area contributed by atoms with Crippen LogP contribution in [0.15, 0.2) is 22.7 Å². The van der Waals surface area contributed by atoms with Gasteiger partial charge < -0.3 is 14.7 Å². The SMILES string of the molecule is COCC1(C(=O)O)CCCN(C(=O)Cc2cc(F)ccc2Br)C1. The van der Waals surface area contributed by atoms with Crippen LogP contribution in [0.1, 0.15) is 18.4 Å². The summed E-state index contributed by atoms with van der Waals surface area (Å²) in [5.74, 6) is -1.57. The summed E-state index contributed by atoms with van der Waals surface area (Å²) in [6.07, 6.45) is 1.11. The topological polar surface area (TPSA) is 66.8 Å². The second-order valence-corrected chi connectivity index (χ2v) is 6.70. The smallest absolute Gasteiger partial charge is 0.313 e. The number of carbonyl (C=O) groups excluding carboxylic acids is 1. The van der Waals surface area contributed by atoms with E-state index in [0.29, 0.717) is 29.4 Å². The average Bonchev–Trinajstić information content (AvgIpc) is 2.51. The number of amides is 1. The summed E-state index contributed by atoms with van der Waals surface area (Å²) in [5.41, 5.74) is -0.518. The third-order valence-electron chi connectivity index (χ3n) is 4.15. The molecule has 0 aromatic heterocycles. The molecule has 2 rings (SSSR count). The van der Waals surface area contributed by atoms with Gasteiger partial charge in [-0.3, -0.25) is 9.59 Å². The highest BCUT2D eigenvalue weighted by Crippen LogP contribution is 2.31. The maximum Gasteiger partial charge on any atom is 0.313 e. The molecule has 1 saturated heterocycles. The highest BCUT2D eigenvalue weighted by atomic mass is 79.9. The molecule has 1 aliphatic rings. The zero-order valence-corrected chi connectivity index (χ0v) is 14.4. The number of carboxylic acids is 1. The molecule has 1 unspecified atom stereocenters. The van der Waals surface area contributed by atoms with Gasteiger partial charge in [0, 0.05) is 24.7 Å². The second kappa shape index (κ2) is 7.40. The van der Waals surface area contributed by atoms with Crippen LogP contribution in [0.25, 0.3) is 0 Å². The largest absolute Gasteiger partial charge is 0.481 e. The Morgan fingerprint density at radius 1 is 1.48 bits per heavy atom. The van der Waals surface area contributed by atoms with Gasteiger partial charge in [-0.05, 0) is 36.6 Å². The van der Waals surface area contributed by atoms with Crippen molar-refractivity contribution in [2.75, 3.05) is 26.8 Å². The number of hydrogen-bond acceptors (Lipinski definition) is 3. The van der Waals surface area contributed by atoms with Gasteiger partial charge in [0.05, 0.1) is 13.0 Å². The summed E-state index contributed by atoms with van der Waals surface area (Å²) >= 11 is 3.30. The van der Waals surface area contributed by atoms with Gasteiger partial charge in [-0.2, -0.15) is 0 Å². The molecule has 0 bridgehead atoms. The first-order valence-corrected chi connectivity index (χ1v) is 8.11. The molecule has 0 spiro atoms. The number of aliphatic carboxylic acids is 1. The van der Waals surface area contributed by atoms with E-state index >= 15 is 0 Å². The molecule has 0 radical (unpaired) electrons. The monoisotopic (exact) mass is 387 g/mol. The van der Waals surface area contributed by atoms with Crippen LogP contribution in [-0.4, -0.2) is 48.7 Å². The Morgan fingerprint density at radius 3 is 2.87 bits per heavy atom. The van der Waals surface area contributed by atoms with Gasteiger partial charge in [0.1, 0.15) is 11.2 Å². The molecule has 1 aliphatic heterocycles. The predicted octanol–water partition coefficient (Wildman–Crippen LogP) is 2.47. The number of methoxy groups -OCH3 is 1. The second-order valence-electron chi connectivity index (χ2n) is 5.85. The van der Waals surface area contributed by atoms with Gasteiger partial charge in [0.25, 0.3) is 0 Å². The van der Waals surface area contributed by atoms with E-state index in [4.69, 9.17) is 4.74 Å². The van der Waals surface area contributed by atoms with Crippen LogP contribution >= 0.6 is 15.9 Å². The molecule has 23 heavy (non-hydrogen) atoms. The molecular weight excluding hydrogens is 369 g/mol. The lowest BCUT2D eigenvalue weighted by molar-refractivity contribution is -0.159. The van der Waals surface area contributed by atoms with E-state index in [2.05, 4.69) is 15.9 Å². The minimum Gasteiger partial charge on any atom is -0.481 e. The number of piperidine rings is 1. The highest BCUT2D eigenvalue weighted by molar-refractivity contribution is 9.10. The normalized spacial score (nSPS) is 21.3. The van der Waals surface area contributed by atoms with Gasteiger partial charge >= 0.3 is 5.97 Å². The Balaban J connectivity index is 2.13. The molecule has 126 valence electrons. The van der Waals surface area contributed by atoms with Gasteiger partial charge in [0.15, 0.2) is 0 Å². The van der Waals surface area contributed by atoms with Crippen molar-refractivity contribution in [1.82, 2.24) is 4.90 Å². The van der Waals surface area contributed by atoms with Gasteiger partial charge in [-0.25, -0.2) is 4.39 Å². The minimum absolute atomic E-state index is 0.0288. The Kier molecular flexibility index (Phi) is 5.75. The number of carbonyl (C=O) groups is 2.